The third-order valence-electron chi connectivity index (χ3n) is 4.38. The maximum atomic E-state index is 13.1. The smallest absolute Gasteiger partial charge is 0.344 e. The molecule has 2 aromatic rings. The van der Waals surface area contributed by atoms with Gasteiger partial charge in [-0.2, -0.15) is 0 Å². The number of amides is 2. The van der Waals surface area contributed by atoms with Crippen LogP contribution in [0, 0.1) is 0 Å². The van der Waals surface area contributed by atoms with Gasteiger partial charge in [-0.25, -0.2) is 4.79 Å². The fourth-order valence-electron chi connectivity index (χ4n) is 2.85. The van der Waals surface area contributed by atoms with Gasteiger partial charge in [-0.1, -0.05) is 18.2 Å². The highest BCUT2D eigenvalue weighted by Gasteiger charge is 2.34. The summed E-state index contributed by atoms with van der Waals surface area (Å²) in [7, 11) is 0. The third-order valence-corrected chi connectivity index (χ3v) is 4.66. The van der Waals surface area contributed by atoms with Gasteiger partial charge >= 0.3 is 5.97 Å². The molecule has 2 aromatic carbocycles. The second-order valence-electron chi connectivity index (χ2n) is 6.52. The van der Waals surface area contributed by atoms with Gasteiger partial charge < -0.3 is 14.6 Å². The van der Waals surface area contributed by atoms with Crippen LogP contribution < -0.4 is 19.7 Å². The molecule has 0 aromatic heterocycles. The number of carboxylic acid groups (broad SMARTS) is 1. The van der Waals surface area contributed by atoms with Crippen molar-refractivity contribution >= 4 is 46.9 Å². The van der Waals surface area contributed by atoms with E-state index in [1.165, 1.54) is 17.9 Å². The Labute approximate surface area is 184 Å². The van der Waals surface area contributed by atoms with Crippen LogP contribution >= 0.6 is 12.2 Å². The molecule has 0 unspecified atom stereocenters. The molecular formula is C22H20N2O6S. The molecule has 1 atom stereocenters. The number of anilines is 1. The first kappa shape index (κ1) is 22.0. The van der Waals surface area contributed by atoms with Crippen LogP contribution in [-0.2, 0) is 14.4 Å². The lowest BCUT2D eigenvalue weighted by atomic mass is 10.1. The first-order valence-electron chi connectivity index (χ1n) is 9.44. The normalized spacial score (nSPS) is 16.1. The van der Waals surface area contributed by atoms with Crippen molar-refractivity contribution in [2.24, 2.45) is 0 Å². The van der Waals surface area contributed by atoms with Gasteiger partial charge in [0.25, 0.3) is 11.8 Å². The zero-order chi connectivity index (χ0) is 22.5. The average molecular weight is 440 g/mol. The molecule has 0 saturated carbocycles. The Bertz CT molecular complexity index is 1060. The monoisotopic (exact) mass is 440 g/mol. The molecule has 0 radical (unpaired) electrons. The van der Waals surface area contributed by atoms with Gasteiger partial charge in [0.1, 0.15) is 17.1 Å². The van der Waals surface area contributed by atoms with Crippen molar-refractivity contribution in [2.75, 3.05) is 11.5 Å². The number of nitrogens with zero attached hydrogens (tertiary/aromatic N) is 1. The number of carbonyl (C=O) groups is 3. The molecule has 2 N–H and O–H groups in total. The Morgan fingerprint density at radius 3 is 2.52 bits per heavy atom. The number of para-hydroxylation sites is 1. The van der Waals surface area contributed by atoms with Crippen LogP contribution in [0.3, 0.4) is 0 Å². The van der Waals surface area contributed by atoms with Crippen molar-refractivity contribution in [1.82, 2.24) is 5.32 Å². The standard InChI is InChI=1S/C22H20N2O6S/c1-3-29-16-10-8-15(9-11-16)24-20(26)17(19(25)23-22(24)31)12-14-6-4-5-7-18(14)30-13(2)21(27)28/h4-13H,3H2,1-2H3,(H,27,28)(H,23,25,31)/b17-12+/t13-/m0/s1. The van der Waals surface area contributed by atoms with Crippen molar-refractivity contribution in [3.05, 3.63) is 59.7 Å². The van der Waals surface area contributed by atoms with E-state index in [4.69, 9.17) is 26.8 Å². The van der Waals surface area contributed by atoms with Gasteiger partial charge in [0.15, 0.2) is 11.2 Å². The van der Waals surface area contributed by atoms with Crippen molar-refractivity contribution < 1.29 is 29.0 Å². The molecular weight excluding hydrogens is 420 g/mol. The maximum Gasteiger partial charge on any atom is 0.344 e. The Morgan fingerprint density at radius 2 is 1.87 bits per heavy atom. The summed E-state index contributed by atoms with van der Waals surface area (Å²) in [6, 6.07) is 13.3. The van der Waals surface area contributed by atoms with E-state index in [1.807, 2.05) is 6.92 Å². The number of hydrogen-bond acceptors (Lipinski definition) is 6. The lowest BCUT2D eigenvalue weighted by Crippen LogP contribution is -2.54. The molecule has 9 heteroatoms. The summed E-state index contributed by atoms with van der Waals surface area (Å²) in [6.07, 6.45) is 0.244. The SMILES string of the molecule is CCOc1ccc(N2C(=O)/C(=C/c3ccccc3O[C@@H](C)C(=O)O)C(=O)NC2=S)cc1. The molecule has 8 nitrogen and oxygen atoms in total. The predicted octanol–water partition coefficient (Wildman–Crippen LogP) is 2.77. The van der Waals surface area contributed by atoms with Gasteiger partial charge in [-0.15, -0.1) is 0 Å². The number of benzene rings is 2. The van der Waals surface area contributed by atoms with Gasteiger partial charge in [-0.3, -0.25) is 19.8 Å². The van der Waals surface area contributed by atoms with Crippen LogP contribution in [-0.4, -0.2) is 40.7 Å². The molecule has 3 rings (SSSR count). The molecule has 0 bridgehead atoms. The Hall–Kier alpha value is -3.72. The van der Waals surface area contributed by atoms with Crippen LogP contribution in [0.15, 0.2) is 54.1 Å². The number of carboxylic acids is 1. The Balaban J connectivity index is 1.95. The molecule has 0 spiro atoms. The number of nitrogens with one attached hydrogen (secondary N) is 1. The topological polar surface area (TPSA) is 105 Å². The van der Waals surface area contributed by atoms with Crippen LogP contribution in [0.2, 0.25) is 0 Å². The number of thiocarbonyl (C=S) groups is 1. The minimum Gasteiger partial charge on any atom is -0.494 e. The quantitative estimate of drug-likeness (QED) is 0.387. The predicted molar refractivity (Wildman–Crippen MR) is 118 cm³/mol. The van der Waals surface area contributed by atoms with Crippen LogP contribution in [0.25, 0.3) is 6.08 Å². The van der Waals surface area contributed by atoms with Crippen LogP contribution in [0.4, 0.5) is 5.69 Å². The number of rotatable bonds is 7. The van der Waals surface area contributed by atoms with Gasteiger partial charge in [0.2, 0.25) is 0 Å². The lowest BCUT2D eigenvalue weighted by molar-refractivity contribution is -0.144. The van der Waals surface area contributed by atoms with E-state index >= 15 is 0 Å². The number of aliphatic carboxylic acids is 1. The number of carbonyl (C=O) groups excluding carboxylic acids is 2. The molecule has 0 aliphatic carbocycles. The van der Waals surface area contributed by atoms with Crippen molar-refractivity contribution in [3.63, 3.8) is 0 Å². The Kier molecular flexibility index (Phi) is 6.66. The molecule has 1 heterocycles. The van der Waals surface area contributed by atoms with E-state index in [-0.39, 0.29) is 16.4 Å². The minimum atomic E-state index is -1.14. The second kappa shape index (κ2) is 9.40. The minimum absolute atomic E-state index is 0.0413. The zero-order valence-corrected chi connectivity index (χ0v) is 17.6. The summed E-state index contributed by atoms with van der Waals surface area (Å²) in [5, 5.41) is 11.6. The summed E-state index contributed by atoms with van der Waals surface area (Å²) in [5.41, 5.74) is 0.684. The van der Waals surface area contributed by atoms with Crippen molar-refractivity contribution in [2.45, 2.75) is 20.0 Å². The molecule has 2 amide bonds. The van der Waals surface area contributed by atoms with E-state index in [9.17, 15) is 14.4 Å². The summed E-state index contributed by atoms with van der Waals surface area (Å²) < 4.78 is 10.9. The fraction of sp³-hybridized carbons (Fsp3) is 0.182. The molecule has 1 aliphatic rings. The zero-order valence-electron chi connectivity index (χ0n) is 16.8. The summed E-state index contributed by atoms with van der Waals surface area (Å²) in [5.74, 6) is -1.54. The van der Waals surface area contributed by atoms with E-state index in [0.29, 0.717) is 23.6 Å². The second-order valence-corrected chi connectivity index (χ2v) is 6.91. The third kappa shape index (κ3) is 4.89. The molecule has 31 heavy (non-hydrogen) atoms. The summed E-state index contributed by atoms with van der Waals surface area (Å²) in [4.78, 5) is 38.0. The van der Waals surface area contributed by atoms with Crippen molar-refractivity contribution in [3.8, 4) is 11.5 Å². The number of hydrogen-bond donors (Lipinski definition) is 2. The van der Waals surface area contributed by atoms with E-state index in [2.05, 4.69) is 5.32 Å². The molecule has 1 fully saturated rings. The van der Waals surface area contributed by atoms with Gasteiger partial charge in [-0.05, 0) is 62.5 Å². The number of ether oxygens (including phenoxy) is 2. The lowest BCUT2D eigenvalue weighted by Gasteiger charge is -2.29. The summed E-state index contributed by atoms with van der Waals surface area (Å²) >= 11 is 5.20. The average Bonchev–Trinajstić information content (AvgIpc) is 2.73. The van der Waals surface area contributed by atoms with Gasteiger partial charge in [0, 0.05) is 5.56 Å². The largest absolute Gasteiger partial charge is 0.494 e. The highest BCUT2D eigenvalue weighted by Crippen LogP contribution is 2.27. The first-order chi connectivity index (χ1) is 14.8. The highest BCUT2D eigenvalue weighted by molar-refractivity contribution is 7.80. The fourth-order valence-corrected chi connectivity index (χ4v) is 3.13. The van der Waals surface area contributed by atoms with Crippen LogP contribution in [0.5, 0.6) is 11.5 Å². The molecule has 1 aliphatic heterocycles. The summed E-state index contributed by atoms with van der Waals surface area (Å²) in [6.45, 7) is 3.75. The van der Waals surface area contributed by atoms with Crippen LogP contribution in [0.1, 0.15) is 19.4 Å². The van der Waals surface area contributed by atoms with Crippen molar-refractivity contribution in [1.29, 1.82) is 0 Å². The van der Waals surface area contributed by atoms with Gasteiger partial charge in [0.05, 0.1) is 12.3 Å². The first-order valence-corrected chi connectivity index (χ1v) is 9.85. The molecule has 1 saturated heterocycles. The molecule has 160 valence electrons. The maximum absolute atomic E-state index is 13.1. The Morgan fingerprint density at radius 1 is 1.19 bits per heavy atom. The highest BCUT2D eigenvalue weighted by atomic mass is 32.1. The van der Waals surface area contributed by atoms with E-state index < -0.39 is 23.9 Å². The van der Waals surface area contributed by atoms with E-state index in [0.717, 1.165) is 0 Å². The van der Waals surface area contributed by atoms with E-state index in [1.54, 1.807) is 48.5 Å².